The molecule has 0 aliphatic carbocycles. The van der Waals surface area contributed by atoms with Gasteiger partial charge in [-0.1, -0.05) is 24.3 Å². The first-order valence-electron chi connectivity index (χ1n) is 41.8. The van der Waals surface area contributed by atoms with Crippen molar-refractivity contribution in [3.05, 3.63) is 202 Å². The fourth-order valence-electron chi connectivity index (χ4n) is 14.4. The van der Waals surface area contributed by atoms with Gasteiger partial charge in [0.2, 0.25) is 52.4 Å². The average molecular weight is 1370 g/mol. The largest absolute Gasteiger partial charge is 0.346 e. The second kappa shape index (κ2) is 28.1. The number of para-hydroxylation sites is 4. The summed E-state index contributed by atoms with van der Waals surface area (Å²) in [5, 5.41) is 0. The Morgan fingerprint density at radius 2 is 0.680 bits per heavy atom. The lowest BCUT2D eigenvalue weighted by Gasteiger charge is -2.31. The molecular weight excluding hydrogens is 1240 g/mol. The molecule has 0 radical (unpaired) electrons. The lowest BCUT2D eigenvalue weighted by Crippen LogP contribution is -2.49. The summed E-state index contributed by atoms with van der Waals surface area (Å²) < 4.78 is 127. The molecule has 2 aromatic carbocycles. The maximum atomic E-state index is 8.52. The Labute approximate surface area is 617 Å². The second-order valence-corrected chi connectivity index (χ2v) is 26.4. The van der Waals surface area contributed by atoms with Crippen LogP contribution in [0.4, 0.5) is 80.8 Å². The molecular formula is C79H109N21+4. The molecule has 0 saturated carbocycles. The molecule has 21 heteroatoms. The van der Waals surface area contributed by atoms with Crippen LogP contribution in [0.3, 0.4) is 0 Å². The van der Waals surface area contributed by atoms with Crippen LogP contribution >= 0.6 is 0 Å². The SMILES string of the molecule is C[C@@H]1N(C)c2cccnc2N1c1cccc(N2C=CN(C)[C@@H]2C)[n+]1C.[2H]C([2H])([2H])N1C=CN(c2cccc(N3C=CN(C)[C@H]3C)[n+]2C)[C@H]1C.[2H]C([2H])([2H])N1c2ccccc2N(c2cccc(N3c4ccccc4N(C)[C@H]3C)[n+]2C)[C@H]1C.[2H]CC([2H])(C)N1C=CN(c2cccc(N3C=CN(C([2H])(C([2H])([2H])[2H])C([2H])([2H])[2H])[C@@H]3C)[n+]2C)[C@@H]1C. The maximum absolute atomic E-state index is 8.52. The zero-order valence-corrected chi connectivity index (χ0v) is 60.8. The Hall–Kier alpha value is -10.3. The highest BCUT2D eigenvalue weighted by molar-refractivity contribution is 5.84. The van der Waals surface area contributed by atoms with Gasteiger partial charge >= 0.3 is 0 Å². The van der Waals surface area contributed by atoms with E-state index in [1.807, 2.05) is 155 Å². The fourth-order valence-corrected chi connectivity index (χ4v) is 14.4. The zero-order chi connectivity index (χ0) is 84.0. The Kier molecular flexibility index (Phi) is 14.8. The van der Waals surface area contributed by atoms with Gasteiger partial charge in [-0.3, -0.25) is 0 Å². The zero-order valence-electron chi connectivity index (χ0n) is 75.8. The lowest BCUT2D eigenvalue weighted by atomic mass is 10.2. The molecule has 526 valence electrons. The van der Waals surface area contributed by atoms with Crippen LogP contribution in [-0.4, -0.2) is 133 Å². The minimum Gasteiger partial charge on any atom is -0.346 e. The van der Waals surface area contributed by atoms with Gasteiger partial charge in [-0.15, -0.1) is 0 Å². The van der Waals surface area contributed by atoms with Crippen molar-refractivity contribution >= 4 is 80.8 Å². The molecule has 8 aliphatic heterocycles. The highest BCUT2D eigenvalue weighted by Crippen LogP contribution is 2.46. The molecule has 0 bridgehead atoms. The molecule has 0 fully saturated rings. The summed E-state index contributed by atoms with van der Waals surface area (Å²) in [6.45, 7) is 7.27. The molecule has 0 amide bonds. The molecule has 21 nitrogen and oxygen atoms in total. The Bertz CT molecular complexity index is 4840. The van der Waals surface area contributed by atoms with E-state index in [2.05, 4.69) is 204 Å². The molecule has 100 heavy (non-hydrogen) atoms. The van der Waals surface area contributed by atoms with Crippen molar-refractivity contribution in [3.8, 4) is 0 Å². The summed E-state index contributed by atoms with van der Waals surface area (Å²) in [5.41, 5.74) is 5.14. The number of aromatic nitrogens is 5. The molecule has 15 rings (SSSR count). The van der Waals surface area contributed by atoms with Crippen LogP contribution in [0.2, 0.25) is 0 Å². The number of rotatable bonds is 10. The molecule has 7 aromatic rings. The second-order valence-electron chi connectivity index (χ2n) is 26.4. The van der Waals surface area contributed by atoms with Crippen molar-refractivity contribution in [1.29, 1.82) is 0 Å². The molecule has 1 unspecified atom stereocenters. The monoisotopic (exact) mass is 1370 g/mol. The van der Waals surface area contributed by atoms with Crippen molar-refractivity contribution in [3.63, 3.8) is 0 Å². The quantitative estimate of drug-likeness (QED) is 0.122. The summed E-state index contributed by atoms with van der Waals surface area (Å²) in [6.07, 6.45) is 19.5. The van der Waals surface area contributed by atoms with Gasteiger partial charge in [-0.25, -0.2) is 62.5 Å². The van der Waals surface area contributed by atoms with E-state index in [4.69, 9.17) is 20.6 Å². The normalized spacial score (nSPS) is 25.8. The van der Waals surface area contributed by atoms with Gasteiger partial charge < -0.3 is 39.2 Å². The summed E-state index contributed by atoms with van der Waals surface area (Å²) >= 11 is 0. The van der Waals surface area contributed by atoms with E-state index in [-0.39, 0.29) is 43.9 Å². The molecule has 13 heterocycles. The number of nitrogens with zero attached hydrogens (tertiary/aromatic N) is 21. The number of fused-ring (bicyclic) bond motifs is 3. The molecule has 0 N–H and O–H groups in total. The van der Waals surface area contributed by atoms with Gasteiger partial charge in [0, 0.05) is 158 Å². The van der Waals surface area contributed by atoms with E-state index in [1.54, 1.807) is 42.2 Å². The highest BCUT2D eigenvalue weighted by Gasteiger charge is 2.43. The van der Waals surface area contributed by atoms with E-state index in [0.717, 1.165) is 74.2 Å². The van der Waals surface area contributed by atoms with Crippen molar-refractivity contribution in [2.24, 2.45) is 28.2 Å². The van der Waals surface area contributed by atoms with Crippen molar-refractivity contribution in [2.45, 2.75) is 144 Å². The first-order valence-corrected chi connectivity index (χ1v) is 34.1. The number of anilines is 14. The van der Waals surface area contributed by atoms with Gasteiger partial charge in [0.25, 0.3) is 0 Å². The van der Waals surface area contributed by atoms with Crippen LogP contribution in [0.1, 0.15) is 103 Å². The summed E-state index contributed by atoms with van der Waals surface area (Å²) in [7, 11) is 16.4. The van der Waals surface area contributed by atoms with Crippen molar-refractivity contribution in [2.75, 3.05) is 96.0 Å². The predicted octanol–water partition coefficient (Wildman–Crippen LogP) is 11.6. The minimum absolute atomic E-state index is 0.0878. The smallest absolute Gasteiger partial charge is 0.231 e. The van der Waals surface area contributed by atoms with Gasteiger partial charge in [0.05, 0.1) is 79.0 Å². The van der Waals surface area contributed by atoms with Crippen LogP contribution in [0.15, 0.2) is 202 Å². The van der Waals surface area contributed by atoms with Crippen molar-refractivity contribution < 1.29 is 38.8 Å². The first kappa shape index (κ1) is 52.7. The van der Waals surface area contributed by atoms with Crippen LogP contribution in [0, 0.1) is 0 Å². The van der Waals surface area contributed by atoms with E-state index in [9.17, 15) is 0 Å². The molecule has 0 saturated heterocycles. The van der Waals surface area contributed by atoms with Gasteiger partial charge in [0.1, 0.15) is 42.2 Å². The molecule has 8 aliphatic rings. The molecule has 9 atom stereocenters. The Morgan fingerprint density at radius 1 is 0.340 bits per heavy atom. The molecule has 0 spiro atoms. The van der Waals surface area contributed by atoms with E-state index >= 15 is 0 Å². The minimum atomic E-state index is -3.07. The van der Waals surface area contributed by atoms with E-state index in [1.165, 1.54) is 21.7 Å². The van der Waals surface area contributed by atoms with Crippen LogP contribution in [-0.2, 0) is 28.2 Å². The summed E-state index contributed by atoms with van der Waals surface area (Å²) in [4.78, 5) is 36.2. The standard InChI is InChI=1S/C24H28N5.C20H32N5.C19H25N6.C16H24N5/c1-17-25(3)19-11-6-8-13-21(19)28(17)23-15-10-16-24(27(23)5)29-18(2)26(4)20-12-7-9-14-22(20)29;1-15(2)22-11-13-24(17(22)5)19-9-8-10-20(21(19)7)25-14-12-23(16(3)4)18(25)6;1-14-21(3)12-13-24(14)17-9-6-10-18(23(17)5)25-15(2)22(4)16-8-7-11-20-19(16)25;1-13-17(3)9-11-20(13)15-7-6-8-16(19(15)5)21-12-10-18(4)14(21)2/h6-18H,1-5H3;8-18H,1-7H3;6-15H,1-5H3;6-14H,1-5H3/q4*+1/t2*17-,18+;14-,15+;13-,14+/m..0./s1/i3D3;1D,3D3,4D3,15D,16D;;3D3/tm;15?,17-,18+;;m/m01.0/s1. The number of hydrogen-bond donors (Lipinski definition) is 0. The van der Waals surface area contributed by atoms with E-state index in [0.29, 0.717) is 12.0 Å². The van der Waals surface area contributed by atoms with Crippen molar-refractivity contribution in [1.82, 2.24) is 29.5 Å². The number of pyridine rings is 5. The lowest BCUT2D eigenvalue weighted by molar-refractivity contribution is -0.646. The van der Waals surface area contributed by atoms with Crippen LogP contribution < -0.4 is 72.2 Å². The Balaban J connectivity index is 0.000000143. The summed E-state index contributed by atoms with van der Waals surface area (Å²) in [6, 6.07) is 40.6. The Morgan fingerprint density at radius 3 is 1.10 bits per heavy atom. The van der Waals surface area contributed by atoms with Crippen LogP contribution in [0.5, 0.6) is 0 Å². The fraction of sp³-hybridized carbons (Fsp3) is 0.405. The molecule has 5 aromatic heterocycles. The topological polar surface area (TPSA) is 80.2 Å². The van der Waals surface area contributed by atoms with Gasteiger partial charge in [-0.2, -0.15) is 0 Å². The number of hydrogen-bond acceptors (Lipinski definition) is 17. The maximum Gasteiger partial charge on any atom is 0.231 e. The third kappa shape index (κ3) is 12.3. The first-order chi connectivity index (χ1) is 53.9. The van der Waals surface area contributed by atoms with Gasteiger partial charge in [-0.05, 0) is 144 Å². The van der Waals surface area contributed by atoms with E-state index < -0.39 is 45.9 Å². The highest BCUT2D eigenvalue weighted by atomic mass is 15.5. The predicted molar refractivity (Wildman–Crippen MR) is 410 cm³/mol. The van der Waals surface area contributed by atoms with Crippen LogP contribution in [0.25, 0.3) is 0 Å². The third-order valence-electron chi connectivity index (χ3n) is 20.9. The van der Waals surface area contributed by atoms with Gasteiger partial charge in [0.15, 0.2) is 18.5 Å². The third-order valence-corrected chi connectivity index (χ3v) is 20.9. The summed E-state index contributed by atoms with van der Waals surface area (Å²) in [5.74, 6) is 8.72. The number of benzene rings is 2. The average Bonchev–Trinajstić information content (AvgIpc) is 1.51.